The van der Waals surface area contributed by atoms with Crippen molar-refractivity contribution >= 4 is 22.0 Å². The summed E-state index contributed by atoms with van der Waals surface area (Å²) in [6.07, 6.45) is -1.08. The van der Waals surface area contributed by atoms with Crippen LogP contribution in [0.3, 0.4) is 0 Å². The number of aromatic nitrogens is 2. The third-order valence-corrected chi connectivity index (χ3v) is 2.55. The molecular formula is C9H14BrN3O3. The van der Waals surface area contributed by atoms with Crippen LogP contribution in [0.1, 0.15) is 19.5 Å². The van der Waals surface area contributed by atoms with Gasteiger partial charge in [0.15, 0.2) is 0 Å². The molecule has 1 aromatic rings. The van der Waals surface area contributed by atoms with Crippen molar-refractivity contribution in [3.05, 3.63) is 16.4 Å². The molecule has 0 aliphatic carbocycles. The fourth-order valence-corrected chi connectivity index (χ4v) is 1.81. The summed E-state index contributed by atoms with van der Waals surface area (Å²) in [6, 6.07) is 1.70. The van der Waals surface area contributed by atoms with Crippen LogP contribution in [0.2, 0.25) is 0 Å². The Bertz CT molecular complexity index is 389. The lowest BCUT2D eigenvalue weighted by molar-refractivity contribution is 0.184. The Balaban J connectivity index is 2.91. The number of rotatable bonds is 4. The smallest absolute Gasteiger partial charge is 0.404 e. The Morgan fingerprint density at radius 1 is 1.69 bits per heavy atom. The SMILES string of the molecule is CC(C)(CNC(=O)O)n1nc(Br)cc1CO. The first-order valence-corrected chi connectivity index (χ1v) is 5.48. The van der Waals surface area contributed by atoms with Crippen LogP contribution < -0.4 is 5.32 Å². The van der Waals surface area contributed by atoms with E-state index in [0.717, 1.165) is 0 Å². The molecule has 1 aromatic heterocycles. The molecule has 7 heteroatoms. The van der Waals surface area contributed by atoms with Crippen LogP contribution in [0.4, 0.5) is 4.79 Å². The van der Waals surface area contributed by atoms with E-state index in [1.54, 1.807) is 10.7 Å². The van der Waals surface area contributed by atoms with Crippen LogP contribution in [0, 0.1) is 0 Å². The van der Waals surface area contributed by atoms with E-state index in [1.165, 1.54) is 0 Å². The summed E-state index contributed by atoms with van der Waals surface area (Å²) in [4.78, 5) is 10.4. The number of amides is 1. The van der Waals surface area contributed by atoms with Gasteiger partial charge in [-0.05, 0) is 35.8 Å². The van der Waals surface area contributed by atoms with Crippen molar-refractivity contribution in [1.82, 2.24) is 15.1 Å². The summed E-state index contributed by atoms with van der Waals surface area (Å²) in [6.45, 7) is 3.74. The molecule has 0 atom stereocenters. The Hall–Kier alpha value is -1.08. The molecule has 0 aromatic carbocycles. The summed E-state index contributed by atoms with van der Waals surface area (Å²) >= 11 is 3.22. The minimum Gasteiger partial charge on any atom is -0.465 e. The average molecular weight is 292 g/mol. The zero-order valence-electron chi connectivity index (χ0n) is 9.07. The molecule has 6 nitrogen and oxygen atoms in total. The monoisotopic (exact) mass is 291 g/mol. The number of hydrogen-bond donors (Lipinski definition) is 3. The van der Waals surface area contributed by atoms with E-state index in [1.807, 2.05) is 13.8 Å². The first kappa shape index (κ1) is 13.0. The topological polar surface area (TPSA) is 87.4 Å². The number of halogens is 1. The molecule has 1 amide bonds. The van der Waals surface area contributed by atoms with Gasteiger partial charge in [-0.15, -0.1) is 0 Å². The van der Waals surface area contributed by atoms with Crippen LogP contribution in [0.15, 0.2) is 10.7 Å². The summed E-state index contributed by atoms with van der Waals surface area (Å²) in [5.74, 6) is 0. The first-order valence-electron chi connectivity index (χ1n) is 4.69. The molecule has 0 bridgehead atoms. The lowest BCUT2D eigenvalue weighted by Gasteiger charge is -2.26. The standard InChI is InChI=1S/C9H14BrN3O3/c1-9(2,5-11-8(15)16)13-6(4-14)3-7(10)12-13/h3,11,14H,4-5H2,1-2H3,(H,15,16). The Kier molecular flexibility index (Phi) is 3.93. The molecule has 0 aliphatic rings. The summed E-state index contributed by atoms with van der Waals surface area (Å²) in [7, 11) is 0. The molecule has 0 aliphatic heterocycles. The van der Waals surface area contributed by atoms with Crippen LogP contribution in [-0.4, -0.2) is 32.6 Å². The van der Waals surface area contributed by atoms with Gasteiger partial charge in [0.25, 0.3) is 0 Å². The highest BCUT2D eigenvalue weighted by Gasteiger charge is 2.24. The molecule has 1 heterocycles. The number of aliphatic hydroxyl groups excluding tert-OH is 1. The second-order valence-electron chi connectivity index (χ2n) is 4.00. The van der Waals surface area contributed by atoms with Crippen molar-refractivity contribution in [3.8, 4) is 0 Å². The molecule has 0 unspecified atom stereocenters. The van der Waals surface area contributed by atoms with E-state index in [0.29, 0.717) is 10.3 Å². The number of aliphatic hydroxyl groups is 1. The fraction of sp³-hybridized carbons (Fsp3) is 0.556. The molecule has 0 saturated heterocycles. The van der Waals surface area contributed by atoms with Crippen molar-refractivity contribution in [3.63, 3.8) is 0 Å². The van der Waals surface area contributed by atoms with E-state index in [9.17, 15) is 4.79 Å². The highest BCUT2D eigenvalue weighted by atomic mass is 79.9. The molecule has 0 radical (unpaired) electrons. The quantitative estimate of drug-likeness (QED) is 0.776. The zero-order chi connectivity index (χ0) is 12.3. The fourth-order valence-electron chi connectivity index (χ4n) is 1.39. The van der Waals surface area contributed by atoms with Gasteiger partial charge in [-0.3, -0.25) is 4.68 Å². The van der Waals surface area contributed by atoms with Gasteiger partial charge in [-0.1, -0.05) is 0 Å². The molecule has 0 saturated carbocycles. The minimum absolute atomic E-state index is 0.144. The molecule has 1 rings (SSSR count). The van der Waals surface area contributed by atoms with E-state index in [-0.39, 0.29) is 13.2 Å². The molecule has 90 valence electrons. The summed E-state index contributed by atoms with van der Waals surface area (Å²) in [5, 5.41) is 24.2. The number of hydrogen-bond acceptors (Lipinski definition) is 3. The maximum Gasteiger partial charge on any atom is 0.404 e. The van der Waals surface area contributed by atoms with Crippen molar-refractivity contribution < 1.29 is 15.0 Å². The molecular weight excluding hydrogens is 278 g/mol. The zero-order valence-corrected chi connectivity index (χ0v) is 10.7. The largest absolute Gasteiger partial charge is 0.465 e. The van der Waals surface area contributed by atoms with Gasteiger partial charge < -0.3 is 15.5 Å². The predicted molar refractivity (Wildman–Crippen MR) is 61.2 cm³/mol. The van der Waals surface area contributed by atoms with E-state index in [2.05, 4.69) is 26.3 Å². The van der Waals surface area contributed by atoms with Gasteiger partial charge in [0.1, 0.15) is 4.60 Å². The van der Waals surface area contributed by atoms with Crippen molar-refractivity contribution in [1.29, 1.82) is 0 Å². The maximum atomic E-state index is 10.4. The third-order valence-electron chi connectivity index (χ3n) is 2.16. The third kappa shape index (κ3) is 2.96. The van der Waals surface area contributed by atoms with Gasteiger partial charge in [-0.25, -0.2) is 4.79 Å². The summed E-state index contributed by atoms with van der Waals surface area (Å²) < 4.78 is 2.22. The van der Waals surface area contributed by atoms with Gasteiger partial charge in [0.05, 0.1) is 17.8 Å². The molecule has 16 heavy (non-hydrogen) atoms. The Morgan fingerprint density at radius 3 is 2.81 bits per heavy atom. The van der Waals surface area contributed by atoms with Gasteiger partial charge >= 0.3 is 6.09 Å². The first-order chi connectivity index (χ1) is 7.36. The average Bonchev–Trinajstić information content (AvgIpc) is 2.57. The second-order valence-corrected chi connectivity index (χ2v) is 4.81. The normalized spacial score (nSPS) is 11.5. The van der Waals surface area contributed by atoms with Crippen LogP contribution in [0.5, 0.6) is 0 Å². The highest BCUT2D eigenvalue weighted by Crippen LogP contribution is 2.20. The number of carboxylic acid groups (broad SMARTS) is 1. The van der Waals surface area contributed by atoms with Crippen molar-refractivity contribution in [2.45, 2.75) is 26.0 Å². The predicted octanol–water partition coefficient (Wildman–Crippen LogP) is 1.14. The van der Waals surface area contributed by atoms with Gasteiger partial charge in [0, 0.05) is 6.54 Å². The summed E-state index contributed by atoms with van der Waals surface area (Å²) in [5.41, 5.74) is 0.0895. The minimum atomic E-state index is -1.08. The lowest BCUT2D eigenvalue weighted by Crippen LogP contribution is -2.41. The molecule has 3 N–H and O–H groups in total. The van der Waals surface area contributed by atoms with Crippen molar-refractivity contribution in [2.75, 3.05) is 6.54 Å². The number of carbonyl (C=O) groups is 1. The Morgan fingerprint density at radius 2 is 2.31 bits per heavy atom. The van der Waals surface area contributed by atoms with Crippen LogP contribution >= 0.6 is 15.9 Å². The second kappa shape index (κ2) is 4.84. The number of nitrogens with zero attached hydrogens (tertiary/aromatic N) is 2. The lowest BCUT2D eigenvalue weighted by atomic mass is 10.1. The number of nitrogens with one attached hydrogen (secondary N) is 1. The van der Waals surface area contributed by atoms with E-state index in [4.69, 9.17) is 10.2 Å². The Labute approximate surface area is 101 Å². The van der Waals surface area contributed by atoms with Gasteiger partial charge in [-0.2, -0.15) is 5.10 Å². The van der Waals surface area contributed by atoms with E-state index < -0.39 is 11.6 Å². The highest BCUT2D eigenvalue weighted by molar-refractivity contribution is 9.10. The van der Waals surface area contributed by atoms with Gasteiger partial charge in [0.2, 0.25) is 0 Å². The van der Waals surface area contributed by atoms with Crippen LogP contribution in [-0.2, 0) is 12.1 Å². The van der Waals surface area contributed by atoms with Crippen molar-refractivity contribution in [2.24, 2.45) is 0 Å². The molecule has 0 fully saturated rings. The van der Waals surface area contributed by atoms with Crippen LogP contribution in [0.25, 0.3) is 0 Å². The maximum absolute atomic E-state index is 10.4. The van der Waals surface area contributed by atoms with E-state index >= 15 is 0 Å². The molecule has 0 spiro atoms.